The van der Waals surface area contributed by atoms with E-state index in [9.17, 15) is 4.79 Å². The van der Waals surface area contributed by atoms with Crippen molar-refractivity contribution in [2.24, 2.45) is 11.0 Å². The summed E-state index contributed by atoms with van der Waals surface area (Å²) in [6, 6.07) is 15.8. The molecular weight excluding hydrogens is 444 g/mol. The molecule has 1 aromatic carbocycles. The van der Waals surface area contributed by atoms with Crippen molar-refractivity contribution in [2.75, 3.05) is 0 Å². The Kier molecular flexibility index (Phi) is 5.90. The number of hydrogen-bond donors (Lipinski definition) is 0. The number of hydrogen-bond acceptors (Lipinski definition) is 4. The van der Waals surface area contributed by atoms with Gasteiger partial charge < -0.3 is 0 Å². The molecule has 1 aliphatic carbocycles. The van der Waals surface area contributed by atoms with Gasteiger partial charge in [0, 0.05) is 26.8 Å². The Morgan fingerprint density at radius 3 is 2.65 bits per heavy atom. The van der Waals surface area contributed by atoms with E-state index < -0.39 is 0 Å². The van der Waals surface area contributed by atoms with Gasteiger partial charge in [-0.15, -0.1) is 22.7 Å². The number of carbonyl (C=O) groups is 1. The van der Waals surface area contributed by atoms with Crippen molar-refractivity contribution < 1.29 is 4.79 Å². The molecule has 1 saturated carbocycles. The lowest BCUT2D eigenvalue weighted by Gasteiger charge is -2.28. The zero-order chi connectivity index (χ0) is 21.2. The summed E-state index contributed by atoms with van der Waals surface area (Å²) in [6.07, 6.45) is 8.87. The van der Waals surface area contributed by atoms with E-state index in [1.165, 1.54) is 15.3 Å². The fraction of sp³-hybridized carbons (Fsp3) is 0.200. The molecule has 0 spiro atoms. The van der Waals surface area contributed by atoms with Crippen LogP contribution in [0.15, 0.2) is 76.0 Å². The third-order valence-corrected chi connectivity index (χ3v) is 7.72. The Bertz CT molecular complexity index is 1140. The highest BCUT2D eigenvalue weighted by atomic mass is 35.5. The van der Waals surface area contributed by atoms with Crippen LogP contribution in [0.4, 0.5) is 0 Å². The van der Waals surface area contributed by atoms with Crippen LogP contribution in [0.3, 0.4) is 0 Å². The number of carbonyl (C=O) groups excluding carboxylic acids is 1. The van der Waals surface area contributed by atoms with Crippen molar-refractivity contribution in [1.29, 1.82) is 0 Å². The highest BCUT2D eigenvalue weighted by molar-refractivity contribution is 7.11. The number of hydrazone groups is 1. The van der Waals surface area contributed by atoms with E-state index in [1.54, 1.807) is 33.8 Å². The molecule has 1 fully saturated rings. The van der Waals surface area contributed by atoms with Gasteiger partial charge in [-0.2, -0.15) is 5.10 Å². The second-order valence-corrected chi connectivity index (χ2v) is 10.1. The fourth-order valence-corrected chi connectivity index (χ4v) is 5.97. The fourth-order valence-electron chi connectivity index (χ4n) is 4.28. The SMILES string of the molecule is O=C(/C=C\c1ccc(Cl)cc1)N1N=C2/C(=C\c3cccs3)CCC[C@@H]2[C@H]1c1cccs1. The highest BCUT2D eigenvalue weighted by Gasteiger charge is 2.43. The number of halogens is 1. The molecule has 3 heterocycles. The summed E-state index contributed by atoms with van der Waals surface area (Å²) in [5.74, 6) is 0.150. The molecule has 0 unspecified atom stereocenters. The van der Waals surface area contributed by atoms with Crippen molar-refractivity contribution in [3.8, 4) is 0 Å². The van der Waals surface area contributed by atoms with Crippen molar-refractivity contribution in [1.82, 2.24) is 5.01 Å². The monoisotopic (exact) mass is 464 g/mol. The Labute approximate surface area is 195 Å². The number of nitrogens with zero attached hydrogens (tertiary/aromatic N) is 2. The van der Waals surface area contributed by atoms with Gasteiger partial charge in [0.1, 0.15) is 0 Å². The van der Waals surface area contributed by atoms with Crippen molar-refractivity contribution in [3.05, 3.63) is 91.3 Å². The van der Waals surface area contributed by atoms with Crippen LogP contribution in [0.5, 0.6) is 0 Å². The van der Waals surface area contributed by atoms with Gasteiger partial charge in [0.15, 0.2) is 0 Å². The lowest BCUT2D eigenvalue weighted by atomic mass is 9.79. The van der Waals surface area contributed by atoms with E-state index in [0.717, 1.165) is 30.5 Å². The molecule has 156 valence electrons. The topological polar surface area (TPSA) is 32.7 Å². The van der Waals surface area contributed by atoms with Crippen LogP contribution in [0.1, 0.15) is 40.6 Å². The number of fused-ring (bicyclic) bond motifs is 1. The molecular formula is C25H21ClN2OS2. The first-order valence-electron chi connectivity index (χ1n) is 10.3. The highest BCUT2D eigenvalue weighted by Crippen LogP contribution is 2.45. The number of thiophene rings is 2. The van der Waals surface area contributed by atoms with E-state index in [4.69, 9.17) is 16.7 Å². The molecule has 0 N–H and O–H groups in total. The van der Waals surface area contributed by atoms with Gasteiger partial charge in [-0.25, -0.2) is 5.01 Å². The molecule has 2 atom stereocenters. The summed E-state index contributed by atoms with van der Waals surface area (Å²) < 4.78 is 0. The standard InChI is InChI=1S/C25H21ClN2OS2/c26-19-11-8-17(9-12-19)10-13-23(29)28-25(22-7-3-15-31-22)21-6-1-4-18(24(21)27-28)16-20-5-2-14-30-20/h2-3,5,7-16,21,25H,1,4,6H2/b13-10-,18-16-/t21-,25-/m0/s1. The van der Waals surface area contributed by atoms with E-state index in [0.29, 0.717) is 5.02 Å². The predicted molar refractivity (Wildman–Crippen MR) is 131 cm³/mol. The van der Waals surface area contributed by atoms with Crippen LogP contribution in [0.2, 0.25) is 5.02 Å². The van der Waals surface area contributed by atoms with Crippen molar-refractivity contribution in [2.45, 2.75) is 25.3 Å². The van der Waals surface area contributed by atoms with Crippen LogP contribution in [-0.2, 0) is 4.79 Å². The maximum atomic E-state index is 13.3. The Morgan fingerprint density at radius 1 is 1.10 bits per heavy atom. The molecule has 1 amide bonds. The van der Waals surface area contributed by atoms with Gasteiger partial charge in [0.05, 0.1) is 11.8 Å². The molecule has 2 aromatic heterocycles. The van der Waals surface area contributed by atoms with Crippen LogP contribution in [0, 0.1) is 5.92 Å². The predicted octanol–water partition coefficient (Wildman–Crippen LogP) is 7.30. The maximum absolute atomic E-state index is 13.3. The van der Waals surface area contributed by atoms with E-state index in [2.05, 4.69) is 41.1 Å². The molecule has 5 rings (SSSR count). The van der Waals surface area contributed by atoms with E-state index in [1.807, 2.05) is 30.3 Å². The van der Waals surface area contributed by atoms with Crippen LogP contribution >= 0.6 is 34.3 Å². The summed E-state index contributed by atoms with van der Waals surface area (Å²) in [5, 5.41) is 11.5. The van der Waals surface area contributed by atoms with Crippen LogP contribution < -0.4 is 0 Å². The van der Waals surface area contributed by atoms with Gasteiger partial charge in [-0.3, -0.25) is 4.79 Å². The summed E-state index contributed by atoms with van der Waals surface area (Å²) in [4.78, 5) is 15.7. The zero-order valence-corrected chi connectivity index (χ0v) is 19.2. The second kappa shape index (κ2) is 8.95. The summed E-state index contributed by atoms with van der Waals surface area (Å²) in [5.41, 5.74) is 3.27. The number of amides is 1. The number of benzene rings is 1. The minimum Gasteiger partial charge on any atom is -0.268 e. The Morgan fingerprint density at radius 2 is 1.90 bits per heavy atom. The lowest BCUT2D eigenvalue weighted by molar-refractivity contribution is -0.128. The average molecular weight is 465 g/mol. The van der Waals surface area contributed by atoms with E-state index in [-0.39, 0.29) is 17.9 Å². The molecule has 6 heteroatoms. The average Bonchev–Trinajstić information content (AvgIpc) is 3.54. The van der Waals surface area contributed by atoms with Gasteiger partial charge in [0.25, 0.3) is 5.91 Å². The molecule has 3 nitrogen and oxygen atoms in total. The minimum atomic E-state index is -0.0919. The molecule has 0 bridgehead atoms. The van der Waals surface area contributed by atoms with Crippen LogP contribution in [-0.4, -0.2) is 16.6 Å². The largest absolute Gasteiger partial charge is 0.268 e. The van der Waals surface area contributed by atoms with Gasteiger partial charge >= 0.3 is 0 Å². The lowest BCUT2D eigenvalue weighted by Crippen LogP contribution is -2.30. The van der Waals surface area contributed by atoms with Crippen LogP contribution in [0.25, 0.3) is 12.2 Å². The quantitative estimate of drug-likeness (QED) is 0.373. The van der Waals surface area contributed by atoms with Gasteiger partial charge in [-0.05, 0) is 77.6 Å². The second-order valence-electron chi connectivity index (χ2n) is 7.70. The normalized spacial score (nSPS) is 22.2. The maximum Gasteiger partial charge on any atom is 0.267 e. The van der Waals surface area contributed by atoms with Gasteiger partial charge in [0.2, 0.25) is 0 Å². The first-order chi connectivity index (χ1) is 15.2. The molecule has 0 saturated heterocycles. The summed E-state index contributed by atoms with van der Waals surface area (Å²) in [6.45, 7) is 0. The molecule has 0 radical (unpaired) electrons. The van der Waals surface area contributed by atoms with Gasteiger partial charge in [-0.1, -0.05) is 35.9 Å². The smallest absolute Gasteiger partial charge is 0.267 e. The Hall–Kier alpha value is -2.47. The first-order valence-corrected chi connectivity index (χ1v) is 12.5. The Balaban J connectivity index is 1.48. The molecule has 31 heavy (non-hydrogen) atoms. The number of rotatable bonds is 4. The minimum absolute atomic E-state index is 0.0376. The number of allylic oxidation sites excluding steroid dienone is 1. The van der Waals surface area contributed by atoms with E-state index >= 15 is 0 Å². The summed E-state index contributed by atoms with van der Waals surface area (Å²) in [7, 11) is 0. The molecule has 3 aromatic rings. The first kappa shape index (κ1) is 20.4. The van der Waals surface area contributed by atoms with Crippen molar-refractivity contribution >= 4 is 58.0 Å². The summed E-state index contributed by atoms with van der Waals surface area (Å²) >= 11 is 9.40. The molecule has 2 aliphatic rings. The third kappa shape index (κ3) is 4.31. The molecule has 1 aliphatic heterocycles. The zero-order valence-electron chi connectivity index (χ0n) is 16.8. The third-order valence-electron chi connectivity index (χ3n) is 5.71. The van der Waals surface area contributed by atoms with Crippen molar-refractivity contribution in [3.63, 3.8) is 0 Å².